The van der Waals surface area contributed by atoms with Crippen LogP contribution in [0.4, 0.5) is 21.0 Å². The average molecular weight is 592 g/mol. The van der Waals surface area contributed by atoms with Gasteiger partial charge >= 0.3 is 12.1 Å². The molecule has 2 aromatic rings. The first-order valence-corrected chi connectivity index (χ1v) is 13.8. The monoisotopic (exact) mass is 590 g/mol. The van der Waals surface area contributed by atoms with Crippen molar-refractivity contribution < 1.29 is 9.59 Å². The third-order valence-electron chi connectivity index (χ3n) is 6.01. The van der Waals surface area contributed by atoms with Crippen molar-refractivity contribution in [3.05, 3.63) is 58.6 Å². The summed E-state index contributed by atoms with van der Waals surface area (Å²) in [4.78, 5) is 36.3. The Balaban J connectivity index is 1.21. The number of benzene rings is 2. The Morgan fingerprint density at radius 3 is 1.38 bits per heavy atom. The highest BCUT2D eigenvalue weighted by Gasteiger charge is 2.16. The van der Waals surface area contributed by atoms with Crippen LogP contribution in [0.5, 0.6) is 0 Å². The number of piperazine rings is 1. The molecular formula is C26H36Cl2N10O2. The van der Waals surface area contributed by atoms with Crippen LogP contribution in [0.2, 0.25) is 10.0 Å². The summed E-state index contributed by atoms with van der Waals surface area (Å²) < 4.78 is 0. The minimum absolute atomic E-state index is 0.0813. The minimum atomic E-state index is -0.548. The number of halogens is 2. The summed E-state index contributed by atoms with van der Waals surface area (Å²) in [5.41, 5.74) is 12.8. The second kappa shape index (κ2) is 16.5. The van der Waals surface area contributed by atoms with Gasteiger partial charge in [-0.1, -0.05) is 23.2 Å². The quantitative estimate of drug-likeness (QED) is 0.139. The number of carbonyl (C=O) groups is 2. The van der Waals surface area contributed by atoms with Gasteiger partial charge < -0.3 is 42.5 Å². The first-order chi connectivity index (χ1) is 19.3. The van der Waals surface area contributed by atoms with E-state index in [1.54, 1.807) is 48.5 Å². The second-order valence-corrected chi connectivity index (χ2v) is 9.98. The molecule has 0 atom stereocenters. The molecule has 216 valence electrons. The minimum Gasteiger partial charge on any atom is -0.370 e. The first kappa shape index (κ1) is 31.0. The van der Waals surface area contributed by atoms with Gasteiger partial charge in [0, 0.05) is 60.7 Å². The number of guanidine groups is 2. The fourth-order valence-corrected chi connectivity index (χ4v) is 4.19. The van der Waals surface area contributed by atoms with Crippen molar-refractivity contribution in [1.82, 2.24) is 20.4 Å². The number of nitrogens with one attached hydrogen (secondary N) is 4. The molecule has 1 saturated heterocycles. The predicted molar refractivity (Wildman–Crippen MR) is 162 cm³/mol. The van der Waals surface area contributed by atoms with Gasteiger partial charge in [-0.25, -0.2) is 9.59 Å². The van der Waals surface area contributed by atoms with Crippen molar-refractivity contribution in [2.45, 2.75) is 12.8 Å². The van der Waals surface area contributed by atoms with Crippen LogP contribution in [0, 0.1) is 0 Å². The van der Waals surface area contributed by atoms with Crippen LogP contribution >= 0.6 is 23.2 Å². The number of nitrogens with zero attached hydrogens (tertiary/aromatic N) is 4. The summed E-state index contributed by atoms with van der Waals surface area (Å²) in [6.07, 6.45) is 1.76. The van der Waals surface area contributed by atoms with Crippen LogP contribution < -0.4 is 32.7 Å². The van der Waals surface area contributed by atoms with Crippen LogP contribution in [0.15, 0.2) is 58.5 Å². The Morgan fingerprint density at radius 1 is 0.675 bits per heavy atom. The molecule has 2 aromatic carbocycles. The lowest BCUT2D eigenvalue weighted by Gasteiger charge is -2.34. The van der Waals surface area contributed by atoms with Crippen molar-refractivity contribution in [1.29, 1.82) is 0 Å². The number of amides is 4. The van der Waals surface area contributed by atoms with Crippen molar-refractivity contribution in [3.8, 4) is 0 Å². The van der Waals surface area contributed by atoms with Crippen LogP contribution in [0.1, 0.15) is 12.8 Å². The zero-order valence-corrected chi connectivity index (χ0v) is 23.7. The highest BCUT2D eigenvalue weighted by molar-refractivity contribution is 6.31. The molecule has 0 saturated carbocycles. The molecule has 12 nitrogen and oxygen atoms in total. The Labute approximate surface area is 244 Å². The van der Waals surface area contributed by atoms with Crippen LogP contribution in [-0.4, -0.2) is 86.1 Å². The van der Waals surface area contributed by atoms with E-state index in [2.05, 4.69) is 41.1 Å². The summed E-state index contributed by atoms with van der Waals surface area (Å²) in [5, 5.41) is 12.4. The molecule has 0 unspecified atom stereocenters. The largest absolute Gasteiger partial charge is 0.370 e. The van der Waals surface area contributed by atoms with E-state index < -0.39 is 12.1 Å². The molecule has 1 heterocycles. The van der Waals surface area contributed by atoms with Gasteiger partial charge in [0.15, 0.2) is 11.9 Å². The van der Waals surface area contributed by atoms with E-state index >= 15 is 0 Å². The fourth-order valence-electron chi connectivity index (χ4n) is 3.94. The zero-order chi connectivity index (χ0) is 28.7. The predicted octanol–water partition coefficient (Wildman–Crippen LogP) is 2.96. The maximum Gasteiger partial charge on any atom is 0.348 e. The van der Waals surface area contributed by atoms with Gasteiger partial charge in [-0.3, -0.25) is 0 Å². The topological polar surface area (TPSA) is 165 Å². The van der Waals surface area contributed by atoms with Gasteiger partial charge in [0.2, 0.25) is 0 Å². The SMILES string of the molecule is NC(=NC(=O)Nc1ccc(Cl)cc1)NCCCN1CCN(CCCNC(N)=NC(=O)Nc2ccc(Cl)cc2)CC1. The third-order valence-corrected chi connectivity index (χ3v) is 6.52. The Hall–Kier alpha value is -3.58. The van der Waals surface area contributed by atoms with E-state index in [4.69, 9.17) is 34.7 Å². The molecule has 0 bridgehead atoms. The lowest BCUT2D eigenvalue weighted by atomic mass is 10.2. The number of hydrogen-bond acceptors (Lipinski definition) is 4. The molecule has 0 spiro atoms. The highest BCUT2D eigenvalue weighted by Crippen LogP contribution is 2.14. The number of hydrogen-bond donors (Lipinski definition) is 6. The molecule has 14 heteroatoms. The van der Waals surface area contributed by atoms with E-state index in [9.17, 15) is 9.59 Å². The number of carbonyl (C=O) groups excluding carboxylic acids is 2. The van der Waals surface area contributed by atoms with Gasteiger partial charge in [0.25, 0.3) is 0 Å². The van der Waals surface area contributed by atoms with E-state index in [-0.39, 0.29) is 11.9 Å². The molecule has 1 aliphatic rings. The van der Waals surface area contributed by atoms with E-state index in [0.717, 1.165) is 52.1 Å². The summed E-state index contributed by atoms with van der Waals surface area (Å²) in [6, 6.07) is 12.4. The van der Waals surface area contributed by atoms with Gasteiger partial charge in [-0.2, -0.15) is 9.98 Å². The fraction of sp³-hybridized carbons (Fsp3) is 0.385. The molecule has 8 N–H and O–H groups in total. The lowest BCUT2D eigenvalue weighted by molar-refractivity contribution is 0.131. The van der Waals surface area contributed by atoms with Crippen LogP contribution in [0.25, 0.3) is 0 Å². The highest BCUT2D eigenvalue weighted by atomic mass is 35.5. The van der Waals surface area contributed by atoms with Crippen molar-refractivity contribution >= 4 is 58.6 Å². The molecule has 1 aliphatic heterocycles. The molecule has 0 aromatic heterocycles. The zero-order valence-electron chi connectivity index (χ0n) is 22.2. The van der Waals surface area contributed by atoms with Crippen LogP contribution in [-0.2, 0) is 0 Å². The number of rotatable bonds is 10. The van der Waals surface area contributed by atoms with Crippen molar-refractivity contribution in [2.75, 3.05) is 63.0 Å². The number of nitrogens with two attached hydrogens (primary N) is 2. The Kier molecular flexibility index (Phi) is 12.8. The lowest BCUT2D eigenvalue weighted by Crippen LogP contribution is -2.47. The molecule has 4 amide bonds. The average Bonchev–Trinajstić information content (AvgIpc) is 2.92. The molecular weight excluding hydrogens is 555 g/mol. The molecule has 0 radical (unpaired) electrons. The molecule has 40 heavy (non-hydrogen) atoms. The van der Waals surface area contributed by atoms with Gasteiger partial charge in [0.05, 0.1) is 0 Å². The van der Waals surface area contributed by atoms with Crippen molar-refractivity contribution in [3.63, 3.8) is 0 Å². The Morgan fingerprint density at radius 2 is 1.02 bits per heavy atom. The Bertz CT molecular complexity index is 1060. The maximum absolute atomic E-state index is 12.0. The normalized spacial score (nSPS) is 14.9. The number of urea groups is 2. The second-order valence-electron chi connectivity index (χ2n) is 9.11. The smallest absolute Gasteiger partial charge is 0.348 e. The van der Waals surface area contributed by atoms with Gasteiger partial charge in [0.1, 0.15) is 0 Å². The third kappa shape index (κ3) is 12.1. The maximum atomic E-state index is 12.0. The summed E-state index contributed by atoms with van der Waals surface area (Å²) in [5.74, 6) is 0.163. The summed E-state index contributed by atoms with van der Waals surface area (Å²) >= 11 is 11.7. The standard InChI is InChI=1S/C26H36Cl2N10O2/c27-19-3-7-21(8-4-19)33-25(39)35-23(29)31-11-1-13-37-15-17-38(18-16-37)14-2-12-32-24(30)36-26(40)34-22-9-5-20(28)6-10-22/h3-10H,1-2,11-18H2,(H4,29,31,33,35,39)(H4,30,32,34,36,40). The van der Waals surface area contributed by atoms with Crippen LogP contribution in [0.3, 0.4) is 0 Å². The molecule has 0 aliphatic carbocycles. The number of aliphatic imine (C=N–C) groups is 2. The number of anilines is 2. The molecule has 1 fully saturated rings. The van der Waals surface area contributed by atoms with Gasteiger partial charge in [-0.15, -0.1) is 0 Å². The van der Waals surface area contributed by atoms with Crippen molar-refractivity contribution in [2.24, 2.45) is 21.5 Å². The van der Waals surface area contributed by atoms with E-state index in [1.807, 2.05) is 0 Å². The molecule has 3 rings (SSSR count). The summed E-state index contributed by atoms with van der Waals surface area (Å²) in [6.45, 7) is 7.02. The van der Waals surface area contributed by atoms with Gasteiger partial charge in [-0.05, 0) is 74.5 Å². The first-order valence-electron chi connectivity index (χ1n) is 13.0. The van der Waals surface area contributed by atoms with E-state index in [0.29, 0.717) is 34.5 Å². The van der Waals surface area contributed by atoms with E-state index in [1.165, 1.54) is 0 Å². The summed E-state index contributed by atoms with van der Waals surface area (Å²) in [7, 11) is 0.